The molecule has 0 radical (unpaired) electrons. The van der Waals surface area contributed by atoms with E-state index in [4.69, 9.17) is 5.11 Å². The maximum Gasteiger partial charge on any atom is 0.226 e. The van der Waals surface area contributed by atoms with Gasteiger partial charge in [-0.1, -0.05) is 19.4 Å². The molecule has 18 heavy (non-hydrogen) atoms. The summed E-state index contributed by atoms with van der Waals surface area (Å²) in [6.07, 6.45) is 4.86. The van der Waals surface area contributed by atoms with E-state index in [1.54, 1.807) is 6.20 Å². The number of amides is 1. The third kappa shape index (κ3) is 5.77. The first kappa shape index (κ1) is 14.6. The Labute approximate surface area is 108 Å². The minimum absolute atomic E-state index is 0.00672. The molecule has 0 spiro atoms. The third-order valence-electron chi connectivity index (χ3n) is 2.89. The van der Waals surface area contributed by atoms with E-state index in [1.807, 2.05) is 18.2 Å². The van der Waals surface area contributed by atoms with Gasteiger partial charge in [0.1, 0.15) is 0 Å². The summed E-state index contributed by atoms with van der Waals surface area (Å²) in [4.78, 5) is 15.8. The van der Waals surface area contributed by atoms with Gasteiger partial charge in [0.2, 0.25) is 5.91 Å². The van der Waals surface area contributed by atoms with Crippen molar-refractivity contribution < 1.29 is 9.90 Å². The predicted octanol–water partition coefficient (Wildman–Crippen LogP) is 1.54. The van der Waals surface area contributed by atoms with Gasteiger partial charge in [0.25, 0.3) is 0 Å². The number of hydrogen-bond donors (Lipinski definition) is 2. The number of pyridine rings is 1. The number of nitrogens with zero attached hydrogens (tertiary/aromatic N) is 1. The summed E-state index contributed by atoms with van der Waals surface area (Å²) in [6, 6.07) is 5.55. The highest BCUT2D eigenvalue weighted by molar-refractivity contribution is 5.78. The van der Waals surface area contributed by atoms with E-state index in [1.165, 1.54) is 0 Å². The Bertz CT molecular complexity index is 335. The van der Waals surface area contributed by atoms with Crippen LogP contribution in [-0.4, -0.2) is 29.1 Å². The summed E-state index contributed by atoms with van der Waals surface area (Å²) in [7, 11) is 0. The molecule has 1 unspecified atom stereocenters. The van der Waals surface area contributed by atoms with Crippen molar-refractivity contribution in [1.29, 1.82) is 0 Å². The number of carbonyl (C=O) groups excluding carboxylic acids is 1. The average molecular weight is 250 g/mol. The lowest BCUT2D eigenvalue weighted by Gasteiger charge is -2.15. The molecule has 4 nitrogen and oxygen atoms in total. The van der Waals surface area contributed by atoms with Crippen molar-refractivity contribution >= 4 is 5.91 Å². The minimum Gasteiger partial charge on any atom is -0.396 e. The molecule has 0 aliphatic carbocycles. The smallest absolute Gasteiger partial charge is 0.226 e. The average Bonchev–Trinajstić information content (AvgIpc) is 2.38. The number of aliphatic hydroxyl groups is 1. The fourth-order valence-electron chi connectivity index (χ4n) is 1.93. The Hall–Kier alpha value is -1.42. The Balaban J connectivity index is 2.31. The molecule has 0 bridgehead atoms. The molecule has 0 saturated carbocycles. The van der Waals surface area contributed by atoms with Gasteiger partial charge in [-0.2, -0.15) is 0 Å². The molecule has 2 N–H and O–H groups in total. The molecule has 100 valence electrons. The molecule has 1 aromatic rings. The Morgan fingerprint density at radius 3 is 2.89 bits per heavy atom. The van der Waals surface area contributed by atoms with Crippen LogP contribution in [0.15, 0.2) is 24.4 Å². The van der Waals surface area contributed by atoms with E-state index >= 15 is 0 Å². The van der Waals surface area contributed by atoms with Crippen molar-refractivity contribution in [3.8, 4) is 0 Å². The van der Waals surface area contributed by atoms with E-state index in [2.05, 4.69) is 17.2 Å². The van der Waals surface area contributed by atoms with Crippen LogP contribution in [0.4, 0.5) is 0 Å². The normalized spacial score (nSPS) is 12.1. The quantitative estimate of drug-likeness (QED) is 0.735. The van der Waals surface area contributed by atoms with Gasteiger partial charge in [-0.15, -0.1) is 0 Å². The molecule has 0 saturated heterocycles. The van der Waals surface area contributed by atoms with Crippen LogP contribution >= 0.6 is 0 Å². The van der Waals surface area contributed by atoms with Crippen LogP contribution in [0.1, 0.15) is 31.9 Å². The fourth-order valence-corrected chi connectivity index (χ4v) is 1.93. The topological polar surface area (TPSA) is 62.2 Å². The second kappa shape index (κ2) is 8.64. The van der Waals surface area contributed by atoms with E-state index in [-0.39, 0.29) is 12.5 Å². The lowest BCUT2D eigenvalue weighted by atomic mass is 10.0. The molecule has 0 aliphatic rings. The zero-order valence-corrected chi connectivity index (χ0v) is 10.9. The van der Waals surface area contributed by atoms with E-state index < -0.39 is 0 Å². The lowest BCUT2D eigenvalue weighted by molar-refractivity contribution is -0.120. The number of aromatic nitrogens is 1. The summed E-state index contributed by atoms with van der Waals surface area (Å²) < 4.78 is 0. The van der Waals surface area contributed by atoms with Gasteiger partial charge < -0.3 is 10.4 Å². The lowest BCUT2D eigenvalue weighted by Crippen LogP contribution is -2.31. The Morgan fingerprint density at radius 1 is 1.44 bits per heavy atom. The van der Waals surface area contributed by atoms with Crippen LogP contribution in [0.2, 0.25) is 0 Å². The summed E-state index contributed by atoms with van der Waals surface area (Å²) in [5.41, 5.74) is 0.782. The number of rotatable bonds is 8. The first-order valence-electron chi connectivity index (χ1n) is 6.53. The van der Waals surface area contributed by atoms with Gasteiger partial charge >= 0.3 is 0 Å². The highest BCUT2D eigenvalue weighted by Crippen LogP contribution is 2.09. The van der Waals surface area contributed by atoms with Crippen LogP contribution in [0.3, 0.4) is 0 Å². The number of aliphatic hydroxyl groups excluding tert-OH is 1. The van der Waals surface area contributed by atoms with Gasteiger partial charge in [-0.25, -0.2) is 0 Å². The molecule has 1 aromatic heterocycles. The standard InChI is InChI=1S/C14H22N2O2/c1-2-5-12(7-9-17)11-16-14(18)10-13-6-3-4-8-15-13/h3-4,6,8,12,17H,2,5,7,9-11H2,1H3,(H,16,18). The minimum atomic E-state index is -0.00672. The van der Waals surface area contributed by atoms with Crippen LogP contribution in [0.5, 0.6) is 0 Å². The second-order valence-electron chi connectivity index (χ2n) is 4.47. The van der Waals surface area contributed by atoms with Crippen molar-refractivity contribution in [3.05, 3.63) is 30.1 Å². The molecule has 1 atom stereocenters. The van der Waals surface area contributed by atoms with Crippen molar-refractivity contribution in [3.63, 3.8) is 0 Å². The molecule has 0 fully saturated rings. The summed E-state index contributed by atoms with van der Waals surface area (Å²) >= 11 is 0. The van der Waals surface area contributed by atoms with Gasteiger partial charge in [0.15, 0.2) is 0 Å². The molecule has 4 heteroatoms. The van der Waals surface area contributed by atoms with Gasteiger partial charge in [-0.3, -0.25) is 9.78 Å². The zero-order chi connectivity index (χ0) is 13.2. The largest absolute Gasteiger partial charge is 0.396 e. The zero-order valence-electron chi connectivity index (χ0n) is 10.9. The number of nitrogens with one attached hydrogen (secondary N) is 1. The van der Waals surface area contributed by atoms with Crippen LogP contribution in [0, 0.1) is 5.92 Å². The fraction of sp³-hybridized carbons (Fsp3) is 0.571. The van der Waals surface area contributed by atoms with E-state index in [0.29, 0.717) is 18.9 Å². The van der Waals surface area contributed by atoms with Crippen molar-refractivity contribution in [2.24, 2.45) is 5.92 Å². The summed E-state index contributed by atoms with van der Waals surface area (Å²) in [5.74, 6) is 0.362. The Kier molecular flexibility index (Phi) is 7.03. The molecule has 1 rings (SSSR count). The maximum absolute atomic E-state index is 11.7. The summed E-state index contributed by atoms with van der Waals surface area (Å²) in [6.45, 7) is 2.93. The SMILES string of the molecule is CCCC(CCO)CNC(=O)Cc1ccccn1. The molecule has 1 amide bonds. The monoisotopic (exact) mass is 250 g/mol. The van der Waals surface area contributed by atoms with Crippen molar-refractivity contribution in [1.82, 2.24) is 10.3 Å². The van der Waals surface area contributed by atoms with Gasteiger partial charge in [-0.05, 0) is 30.9 Å². The van der Waals surface area contributed by atoms with Crippen LogP contribution in [-0.2, 0) is 11.2 Å². The first-order chi connectivity index (χ1) is 8.76. The molecule has 1 heterocycles. The van der Waals surface area contributed by atoms with E-state index in [0.717, 1.165) is 25.0 Å². The molecular formula is C14H22N2O2. The molecule has 0 aromatic carbocycles. The highest BCUT2D eigenvalue weighted by Gasteiger charge is 2.10. The third-order valence-corrected chi connectivity index (χ3v) is 2.89. The summed E-state index contributed by atoms with van der Waals surface area (Å²) in [5, 5.41) is 11.9. The number of carbonyl (C=O) groups is 1. The Morgan fingerprint density at radius 2 is 2.28 bits per heavy atom. The van der Waals surface area contributed by atoms with Crippen LogP contribution in [0.25, 0.3) is 0 Å². The number of hydrogen-bond acceptors (Lipinski definition) is 3. The second-order valence-corrected chi connectivity index (χ2v) is 4.47. The van der Waals surface area contributed by atoms with Crippen molar-refractivity contribution in [2.45, 2.75) is 32.6 Å². The maximum atomic E-state index is 11.7. The van der Waals surface area contributed by atoms with E-state index in [9.17, 15) is 4.79 Å². The van der Waals surface area contributed by atoms with Crippen molar-refractivity contribution in [2.75, 3.05) is 13.2 Å². The van der Waals surface area contributed by atoms with Gasteiger partial charge in [0.05, 0.1) is 6.42 Å². The highest BCUT2D eigenvalue weighted by atomic mass is 16.3. The van der Waals surface area contributed by atoms with Crippen LogP contribution < -0.4 is 5.32 Å². The predicted molar refractivity (Wildman–Crippen MR) is 71.1 cm³/mol. The molecular weight excluding hydrogens is 228 g/mol. The van der Waals surface area contributed by atoms with Gasteiger partial charge in [0, 0.05) is 25.0 Å². The molecule has 0 aliphatic heterocycles. The first-order valence-corrected chi connectivity index (χ1v) is 6.53.